The maximum atomic E-state index is 13.4. The minimum absolute atomic E-state index is 0.0552. The first kappa shape index (κ1) is 38.8. The van der Waals surface area contributed by atoms with Gasteiger partial charge < -0.3 is 31.7 Å². The van der Waals surface area contributed by atoms with Gasteiger partial charge in [0.25, 0.3) is 0 Å². The first-order chi connectivity index (χ1) is 20.6. The lowest BCUT2D eigenvalue weighted by atomic mass is 9.89. The normalized spacial score (nSPS) is 12.5. The molecule has 0 aliphatic rings. The zero-order valence-electron chi connectivity index (χ0n) is 26.4. The van der Waals surface area contributed by atoms with E-state index in [0.29, 0.717) is 42.3 Å². The largest absolute Gasteiger partial charge is 0.460 e. The van der Waals surface area contributed by atoms with E-state index < -0.39 is 23.4 Å². The van der Waals surface area contributed by atoms with Crippen LogP contribution in [0.2, 0.25) is 0 Å². The van der Waals surface area contributed by atoms with E-state index in [9.17, 15) is 28.8 Å². The Labute approximate surface area is 273 Å². The number of primary amides is 1. The maximum Gasteiger partial charge on any atom is 0.312 e. The molecule has 1 rings (SSSR count). The van der Waals surface area contributed by atoms with Crippen molar-refractivity contribution in [2.24, 2.45) is 23.0 Å². The van der Waals surface area contributed by atoms with Crippen molar-refractivity contribution < 1.29 is 33.5 Å². The number of rotatable bonds is 19. The highest BCUT2D eigenvalue weighted by Gasteiger charge is 2.29. The van der Waals surface area contributed by atoms with Gasteiger partial charge in [0.2, 0.25) is 17.7 Å². The molecular formula is C31H48IN5O7. The molecule has 44 heavy (non-hydrogen) atoms. The third-order valence-electron chi connectivity index (χ3n) is 6.65. The molecule has 0 aromatic heterocycles. The van der Waals surface area contributed by atoms with Crippen molar-refractivity contribution >= 4 is 63.8 Å². The SMILES string of the molecule is CC(C)[C@H](NC(=O)CCCCNC(=O)CI)C(=O)C[C@@H](CCCNC(N)=O)C(=O)Nc1ccc(COC(=O)C(C)(C)C)cc1. The van der Waals surface area contributed by atoms with Gasteiger partial charge in [-0.1, -0.05) is 48.6 Å². The number of nitrogens with two attached hydrogens (primary N) is 1. The Morgan fingerprint density at radius 1 is 0.909 bits per heavy atom. The Morgan fingerprint density at radius 3 is 2.11 bits per heavy atom. The molecule has 246 valence electrons. The van der Waals surface area contributed by atoms with Gasteiger partial charge in [-0.2, -0.15) is 0 Å². The predicted octanol–water partition coefficient (Wildman–Crippen LogP) is 3.60. The Balaban J connectivity index is 2.83. The lowest BCUT2D eigenvalue weighted by Crippen LogP contribution is -2.45. The van der Waals surface area contributed by atoms with Crippen molar-refractivity contribution in [2.45, 2.75) is 85.8 Å². The second-order valence-electron chi connectivity index (χ2n) is 12.0. The van der Waals surface area contributed by atoms with Gasteiger partial charge in [0.15, 0.2) is 5.78 Å². The van der Waals surface area contributed by atoms with Crippen molar-refractivity contribution in [2.75, 3.05) is 22.8 Å². The number of urea groups is 1. The Kier molecular flexibility index (Phi) is 17.6. The van der Waals surface area contributed by atoms with Crippen LogP contribution >= 0.6 is 22.6 Å². The molecule has 12 nitrogen and oxygen atoms in total. The van der Waals surface area contributed by atoms with Crippen LogP contribution in [-0.4, -0.2) is 59.1 Å². The fraction of sp³-hybridized carbons (Fsp3) is 0.613. The maximum absolute atomic E-state index is 13.4. The van der Waals surface area contributed by atoms with Crippen molar-refractivity contribution in [1.29, 1.82) is 0 Å². The van der Waals surface area contributed by atoms with E-state index in [4.69, 9.17) is 10.5 Å². The summed E-state index contributed by atoms with van der Waals surface area (Å²) in [7, 11) is 0. The number of alkyl halides is 1. The Morgan fingerprint density at radius 2 is 1.55 bits per heavy atom. The van der Waals surface area contributed by atoms with Crippen LogP contribution in [0.1, 0.15) is 78.7 Å². The van der Waals surface area contributed by atoms with Crippen LogP contribution in [0.3, 0.4) is 0 Å². The van der Waals surface area contributed by atoms with Crippen LogP contribution in [0.4, 0.5) is 10.5 Å². The average Bonchev–Trinajstić information content (AvgIpc) is 2.95. The molecule has 0 heterocycles. The van der Waals surface area contributed by atoms with E-state index in [1.54, 1.807) is 45.0 Å². The summed E-state index contributed by atoms with van der Waals surface area (Å²) in [5.41, 5.74) is 5.80. The van der Waals surface area contributed by atoms with E-state index in [0.717, 1.165) is 5.56 Å². The number of nitrogens with one attached hydrogen (secondary N) is 4. The van der Waals surface area contributed by atoms with Crippen molar-refractivity contribution in [1.82, 2.24) is 16.0 Å². The third-order valence-corrected chi connectivity index (χ3v) is 7.35. The standard InChI is InChI=1S/C31H48IN5O7/c1-20(2)27(37-25(39)10-6-7-15-34-26(40)18-32)24(38)17-22(9-8-16-35-30(33)43)28(41)36-23-13-11-21(12-14-23)19-44-29(42)31(3,4)5/h11-14,20,22,27H,6-10,15-19H2,1-5H3,(H,34,40)(H,36,41)(H,37,39)(H3,33,35,43)/t22-,27+/m1/s1. The quantitative estimate of drug-likeness (QED) is 0.0623. The number of Topliss-reactive ketones (excluding diaryl/α,β-unsaturated/α-hetero) is 1. The third kappa shape index (κ3) is 16.0. The van der Waals surface area contributed by atoms with Gasteiger partial charge >= 0.3 is 12.0 Å². The average molecular weight is 730 g/mol. The molecule has 0 spiro atoms. The van der Waals surface area contributed by atoms with Gasteiger partial charge in [0.05, 0.1) is 15.9 Å². The Bertz CT molecular complexity index is 1120. The van der Waals surface area contributed by atoms with Crippen molar-refractivity contribution in [3.8, 4) is 0 Å². The van der Waals surface area contributed by atoms with E-state index >= 15 is 0 Å². The van der Waals surface area contributed by atoms with Crippen LogP contribution in [0, 0.1) is 17.3 Å². The molecule has 6 N–H and O–H groups in total. The van der Waals surface area contributed by atoms with E-state index in [2.05, 4.69) is 21.3 Å². The Hall–Kier alpha value is -3.23. The van der Waals surface area contributed by atoms with E-state index in [1.165, 1.54) is 0 Å². The summed E-state index contributed by atoms with van der Waals surface area (Å²) in [6.45, 7) is 9.81. The summed E-state index contributed by atoms with van der Waals surface area (Å²) in [6.07, 6.45) is 2.03. The summed E-state index contributed by atoms with van der Waals surface area (Å²) in [4.78, 5) is 73.7. The summed E-state index contributed by atoms with van der Waals surface area (Å²) in [5.74, 6) is -2.19. The number of esters is 1. The number of carbonyl (C=O) groups is 6. The molecule has 0 saturated carbocycles. The number of halogens is 1. The van der Waals surface area contributed by atoms with Crippen LogP contribution in [0.5, 0.6) is 0 Å². The second kappa shape index (κ2) is 19.9. The molecule has 2 atom stereocenters. The topological polar surface area (TPSA) is 186 Å². The van der Waals surface area contributed by atoms with Gasteiger partial charge in [0, 0.05) is 37.5 Å². The molecule has 0 aliphatic heterocycles. The summed E-state index contributed by atoms with van der Waals surface area (Å²) in [6, 6.07) is 5.42. The monoisotopic (exact) mass is 729 g/mol. The number of carbonyl (C=O) groups excluding carboxylic acids is 6. The molecule has 0 fully saturated rings. The van der Waals surface area contributed by atoms with Gasteiger partial charge in [-0.15, -0.1) is 0 Å². The zero-order valence-corrected chi connectivity index (χ0v) is 28.6. The van der Waals surface area contributed by atoms with Crippen molar-refractivity contribution in [3.63, 3.8) is 0 Å². The fourth-order valence-corrected chi connectivity index (χ4v) is 4.37. The zero-order chi connectivity index (χ0) is 33.3. The number of ketones is 1. The highest BCUT2D eigenvalue weighted by Crippen LogP contribution is 2.20. The second-order valence-corrected chi connectivity index (χ2v) is 12.8. The van der Waals surface area contributed by atoms with Gasteiger partial charge in [-0.05, 0) is 70.1 Å². The van der Waals surface area contributed by atoms with E-state index in [-0.39, 0.29) is 61.4 Å². The minimum Gasteiger partial charge on any atom is -0.460 e. The van der Waals surface area contributed by atoms with Gasteiger partial charge in [0.1, 0.15) is 6.61 Å². The number of amides is 5. The highest BCUT2D eigenvalue weighted by atomic mass is 127. The first-order valence-corrected chi connectivity index (χ1v) is 16.4. The van der Waals surface area contributed by atoms with Crippen molar-refractivity contribution in [3.05, 3.63) is 29.8 Å². The highest BCUT2D eigenvalue weighted by molar-refractivity contribution is 14.1. The van der Waals surface area contributed by atoms with Gasteiger partial charge in [-0.25, -0.2) is 4.79 Å². The number of hydrogen-bond donors (Lipinski definition) is 5. The number of benzene rings is 1. The molecule has 0 radical (unpaired) electrons. The molecule has 1 aromatic rings. The summed E-state index contributed by atoms with van der Waals surface area (Å²) >= 11 is 1.98. The summed E-state index contributed by atoms with van der Waals surface area (Å²) in [5, 5.41) is 10.9. The molecule has 0 saturated heterocycles. The molecule has 1 aromatic carbocycles. The number of anilines is 1. The smallest absolute Gasteiger partial charge is 0.312 e. The summed E-state index contributed by atoms with van der Waals surface area (Å²) < 4.78 is 5.71. The lowest BCUT2D eigenvalue weighted by Gasteiger charge is -2.24. The number of unbranched alkanes of at least 4 members (excludes halogenated alkanes) is 1. The minimum atomic E-state index is -0.768. The predicted molar refractivity (Wildman–Crippen MR) is 177 cm³/mol. The molecular weight excluding hydrogens is 681 g/mol. The first-order valence-electron chi connectivity index (χ1n) is 14.9. The lowest BCUT2D eigenvalue weighted by molar-refractivity contribution is -0.154. The van der Waals surface area contributed by atoms with Crippen LogP contribution in [0.25, 0.3) is 0 Å². The van der Waals surface area contributed by atoms with Crippen LogP contribution < -0.4 is 27.0 Å². The molecule has 0 bridgehead atoms. The number of ether oxygens (including phenoxy) is 1. The van der Waals surface area contributed by atoms with Crippen LogP contribution in [0.15, 0.2) is 24.3 Å². The fourth-order valence-electron chi connectivity index (χ4n) is 4.10. The molecule has 0 unspecified atom stereocenters. The molecule has 13 heteroatoms. The number of hydrogen-bond acceptors (Lipinski definition) is 7. The van der Waals surface area contributed by atoms with Crippen LogP contribution in [-0.2, 0) is 35.3 Å². The van der Waals surface area contributed by atoms with Gasteiger partial charge in [-0.3, -0.25) is 24.0 Å². The molecule has 0 aliphatic carbocycles. The van der Waals surface area contributed by atoms with E-state index in [1.807, 2.05) is 36.4 Å². The molecule has 5 amide bonds.